The molecule has 0 amide bonds. The predicted octanol–water partition coefficient (Wildman–Crippen LogP) is 4.21. The molecule has 0 saturated carbocycles. The number of benzene rings is 2. The van der Waals surface area contributed by atoms with Crippen molar-refractivity contribution < 1.29 is 4.39 Å². The lowest BCUT2D eigenvalue weighted by molar-refractivity contribution is 0.627. The Labute approximate surface area is 168 Å². The van der Waals surface area contributed by atoms with Gasteiger partial charge in [-0.2, -0.15) is 4.98 Å². The summed E-state index contributed by atoms with van der Waals surface area (Å²) >= 11 is 6.11. The van der Waals surface area contributed by atoms with Crippen LogP contribution in [0, 0.1) is 5.82 Å². The van der Waals surface area contributed by atoms with Crippen molar-refractivity contribution in [2.75, 3.05) is 41.3 Å². The minimum Gasteiger partial charge on any atom is -0.368 e. The summed E-state index contributed by atoms with van der Waals surface area (Å²) < 4.78 is 13.0. The maximum atomic E-state index is 13.0. The quantitative estimate of drug-likeness (QED) is 0.698. The van der Waals surface area contributed by atoms with Gasteiger partial charge in [-0.3, -0.25) is 0 Å². The lowest BCUT2D eigenvalue weighted by atomic mass is 10.2. The van der Waals surface area contributed by atoms with Gasteiger partial charge in [-0.05, 0) is 42.0 Å². The number of nitrogens with one attached hydrogen (secondary N) is 1. The fourth-order valence-corrected chi connectivity index (χ4v) is 3.44. The van der Waals surface area contributed by atoms with Gasteiger partial charge < -0.3 is 15.1 Å². The zero-order chi connectivity index (χ0) is 19.3. The first-order valence-electron chi connectivity index (χ1n) is 9.24. The molecule has 1 saturated heterocycles. The number of hydrogen-bond acceptors (Lipinski definition) is 5. The van der Waals surface area contributed by atoms with Gasteiger partial charge >= 0.3 is 0 Å². The van der Waals surface area contributed by atoms with E-state index in [0.717, 1.165) is 48.3 Å². The van der Waals surface area contributed by atoms with Crippen molar-refractivity contribution in [2.24, 2.45) is 0 Å². The molecule has 2 aromatic carbocycles. The molecule has 7 heteroatoms. The van der Waals surface area contributed by atoms with E-state index in [9.17, 15) is 4.39 Å². The van der Waals surface area contributed by atoms with Crippen LogP contribution in [0.5, 0.6) is 0 Å². The Hall–Kier alpha value is -2.86. The lowest BCUT2D eigenvalue weighted by Gasteiger charge is -2.36. The zero-order valence-electron chi connectivity index (χ0n) is 15.4. The molecular weight excluding hydrogens is 377 g/mol. The average molecular weight is 398 g/mol. The van der Waals surface area contributed by atoms with Gasteiger partial charge in [0.05, 0.1) is 0 Å². The second-order valence-corrected chi connectivity index (χ2v) is 7.11. The summed E-state index contributed by atoms with van der Waals surface area (Å²) in [6.45, 7) is 4.11. The molecule has 28 heavy (non-hydrogen) atoms. The normalized spacial score (nSPS) is 14.2. The molecule has 0 unspecified atom stereocenters. The lowest BCUT2D eigenvalue weighted by Crippen LogP contribution is -2.46. The fraction of sp³-hybridized carbons (Fsp3) is 0.238. The number of rotatable bonds is 5. The zero-order valence-corrected chi connectivity index (χ0v) is 16.1. The molecule has 1 N–H and O–H groups in total. The van der Waals surface area contributed by atoms with E-state index in [1.54, 1.807) is 18.3 Å². The molecule has 1 aromatic heterocycles. The third-order valence-electron chi connectivity index (χ3n) is 4.78. The Balaban J connectivity index is 1.36. The Morgan fingerprint density at radius 2 is 1.71 bits per heavy atom. The predicted molar refractivity (Wildman–Crippen MR) is 112 cm³/mol. The van der Waals surface area contributed by atoms with E-state index < -0.39 is 0 Å². The molecule has 2 heterocycles. The number of piperazine rings is 1. The number of hydrogen-bond donors (Lipinski definition) is 1. The van der Waals surface area contributed by atoms with Crippen molar-refractivity contribution >= 4 is 29.1 Å². The van der Waals surface area contributed by atoms with Crippen molar-refractivity contribution in [2.45, 2.75) is 6.54 Å². The van der Waals surface area contributed by atoms with E-state index in [0.29, 0.717) is 12.5 Å². The molecule has 0 aliphatic carbocycles. The van der Waals surface area contributed by atoms with Crippen molar-refractivity contribution in [1.82, 2.24) is 9.97 Å². The van der Waals surface area contributed by atoms with Crippen LogP contribution >= 0.6 is 11.6 Å². The Morgan fingerprint density at radius 3 is 2.46 bits per heavy atom. The molecule has 0 radical (unpaired) electrons. The fourth-order valence-electron chi connectivity index (χ4n) is 3.26. The highest BCUT2D eigenvalue weighted by molar-refractivity contribution is 6.30. The van der Waals surface area contributed by atoms with E-state index in [1.165, 1.54) is 12.1 Å². The molecule has 0 spiro atoms. The molecule has 0 bridgehead atoms. The van der Waals surface area contributed by atoms with Crippen LogP contribution < -0.4 is 15.1 Å². The third kappa shape index (κ3) is 4.51. The Kier molecular flexibility index (Phi) is 5.58. The van der Waals surface area contributed by atoms with Gasteiger partial charge in [-0.1, -0.05) is 29.8 Å². The van der Waals surface area contributed by atoms with Gasteiger partial charge in [-0.25, -0.2) is 9.37 Å². The maximum absolute atomic E-state index is 13.0. The van der Waals surface area contributed by atoms with Gasteiger partial charge in [0, 0.05) is 49.6 Å². The summed E-state index contributed by atoms with van der Waals surface area (Å²) in [4.78, 5) is 13.5. The first kappa shape index (κ1) is 18.5. The van der Waals surface area contributed by atoms with E-state index in [4.69, 9.17) is 11.6 Å². The largest absolute Gasteiger partial charge is 0.368 e. The van der Waals surface area contributed by atoms with Crippen LogP contribution in [0.4, 0.5) is 21.8 Å². The SMILES string of the molecule is Fc1ccc(CNc2nccc(N3CCN(c4cccc(Cl)c4)CC3)n2)cc1. The van der Waals surface area contributed by atoms with Crippen LogP contribution in [0.1, 0.15) is 5.56 Å². The van der Waals surface area contributed by atoms with Gasteiger partial charge in [0.1, 0.15) is 11.6 Å². The number of aromatic nitrogens is 2. The molecule has 0 atom stereocenters. The monoisotopic (exact) mass is 397 g/mol. The maximum Gasteiger partial charge on any atom is 0.224 e. The summed E-state index contributed by atoms with van der Waals surface area (Å²) in [5, 5.41) is 3.96. The molecule has 4 rings (SSSR count). The van der Waals surface area contributed by atoms with Gasteiger partial charge in [0.25, 0.3) is 0 Å². The van der Waals surface area contributed by atoms with Crippen LogP contribution in [0.25, 0.3) is 0 Å². The second-order valence-electron chi connectivity index (χ2n) is 6.67. The summed E-state index contributed by atoms with van der Waals surface area (Å²) in [5.41, 5.74) is 2.13. The van der Waals surface area contributed by atoms with E-state index in [-0.39, 0.29) is 5.82 Å². The highest BCUT2D eigenvalue weighted by atomic mass is 35.5. The first-order valence-corrected chi connectivity index (χ1v) is 9.62. The minimum atomic E-state index is -0.237. The van der Waals surface area contributed by atoms with E-state index in [1.807, 2.05) is 24.3 Å². The minimum absolute atomic E-state index is 0.237. The van der Waals surface area contributed by atoms with E-state index in [2.05, 4.69) is 31.2 Å². The molecule has 1 aliphatic heterocycles. The molecular formula is C21H21ClFN5. The standard InChI is InChI=1S/C21H21ClFN5/c22-17-2-1-3-19(14-17)27-10-12-28(13-11-27)20-8-9-24-21(26-20)25-15-16-4-6-18(23)7-5-16/h1-9,14H,10-13,15H2,(H,24,25,26). The van der Waals surface area contributed by atoms with Crippen LogP contribution in [0.3, 0.4) is 0 Å². The average Bonchev–Trinajstić information content (AvgIpc) is 2.74. The van der Waals surface area contributed by atoms with Crippen LogP contribution in [0.2, 0.25) is 5.02 Å². The molecule has 5 nitrogen and oxygen atoms in total. The summed E-state index contributed by atoms with van der Waals surface area (Å²) in [5.74, 6) is 1.24. The van der Waals surface area contributed by atoms with Gasteiger partial charge in [0.2, 0.25) is 5.95 Å². The van der Waals surface area contributed by atoms with Gasteiger partial charge in [0.15, 0.2) is 0 Å². The first-order chi connectivity index (χ1) is 13.7. The van der Waals surface area contributed by atoms with Gasteiger partial charge in [-0.15, -0.1) is 0 Å². The van der Waals surface area contributed by atoms with E-state index >= 15 is 0 Å². The molecule has 1 aliphatic rings. The second kappa shape index (κ2) is 8.44. The van der Waals surface area contributed by atoms with Crippen LogP contribution in [-0.4, -0.2) is 36.1 Å². The van der Waals surface area contributed by atoms with Crippen LogP contribution in [0.15, 0.2) is 60.8 Å². The Bertz CT molecular complexity index is 926. The molecule has 1 fully saturated rings. The highest BCUT2D eigenvalue weighted by Gasteiger charge is 2.19. The highest BCUT2D eigenvalue weighted by Crippen LogP contribution is 2.22. The van der Waals surface area contributed by atoms with Crippen molar-refractivity contribution in [3.8, 4) is 0 Å². The molecule has 3 aromatic rings. The number of nitrogens with zero attached hydrogens (tertiary/aromatic N) is 4. The van der Waals surface area contributed by atoms with Crippen molar-refractivity contribution in [3.63, 3.8) is 0 Å². The summed E-state index contributed by atoms with van der Waals surface area (Å²) in [6, 6.07) is 16.3. The van der Waals surface area contributed by atoms with Crippen molar-refractivity contribution in [1.29, 1.82) is 0 Å². The molecule has 144 valence electrons. The van der Waals surface area contributed by atoms with Crippen molar-refractivity contribution in [3.05, 3.63) is 77.2 Å². The van der Waals surface area contributed by atoms with Crippen LogP contribution in [-0.2, 0) is 6.54 Å². The smallest absolute Gasteiger partial charge is 0.224 e. The summed E-state index contributed by atoms with van der Waals surface area (Å²) in [7, 11) is 0. The number of anilines is 3. The number of halogens is 2. The topological polar surface area (TPSA) is 44.3 Å². The third-order valence-corrected chi connectivity index (χ3v) is 5.02. The summed E-state index contributed by atoms with van der Waals surface area (Å²) in [6.07, 6.45) is 1.76. The Morgan fingerprint density at radius 1 is 0.964 bits per heavy atom.